The molecule has 0 unspecified atom stereocenters. The molecule has 0 aromatic heterocycles. The zero-order chi connectivity index (χ0) is 14.9. The minimum absolute atomic E-state index is 0.0488. The first-order valence-corrected chi connectivity index (χ1v) is 8.66. The Kier molecular flexibility index (Phi) is 4.62. The molecule has 1 fully saturated rings. The number of amides is 1. The fraction of sp³-hybridized carbons (Fsp3) is 0.462. The zero-order valence-corrected chi connectivity index (χ0v) is 13.3. The summed E-state index contributed by atoms with van der Waals surface area (Å²) in [6.07, 6.45) is 0.892. The predicted molar refractivity (Wildman–Crippen MR) is 79.4 cm³/mol. The van der Waals surface area contributed by atoms with Gasteiger partial charge in [-0.05, 0) is 30.5 Å². The summed E-state index contributed by atoms with van der Waals surface area (Å²) >= 11 is 11.9. The van der Waals surface area contributed by atoms with Crippen LogP contribution in [0.1, 0.15) is 18.9 Å². The number of carbonyl (C=O) groups excluding carboxylic acids is 1. The molecule has 20 heavy (non-hydrogen) atoms. The molecule has 1 aromatic rings. The predicted octanol–water partition coefficient (Wildman–Crippen LogP) is 2.73. The Balaban J connectivity index is 2.12. The highest BCUT2D eigenvalue weighted by Gasteiger charge is 2.34. The number of halogens is 2. The highest BCUT2D eigenvalue weighted by molar-refractivity contribution is 7.89. The quantitative estimate of drug-likeness (QED) is 0.853. The Morgan fingerprint density at radius 2 is 2.10 bits per heavy atom. The molecule has 1 atom stereocenters. The summed E-state index contributed by atoms with van der Waals surface area (Å²) in [7, 11) is -3.41. The average Bonchev–Trinajstić information content (AvgIpc) is 2.71. The summed E-state index contributed by atoms with van der Waals surface area (Å²) in [6, 6.07) is 5.07. The van der Waals surface area contributed by atoms with Gasteiger partial charge >= 0.3 is 0 Å². The highest BCUT2D eigenvalue weighted by atomic mass is 35.5. The van der Waals surface area contributed by atoms with E-state index in [-0.39, 0.29) is 18.2 Å². The lowest BCUT2D eigenvalue weighted by Gasteiger charge is -2.20. The van der Waals surface area contributed by atoms with Crippen molar-refractivity contribution >= 4 is 39.1 Å². The molecular weight excluding hydrogens is 321 g/mol. The molecule has 0 saturated carbocycles. The summed E-state index contributed by atoms with van der Waals surface area (Å²) in [5.74, 6) is -0.761. The van der Waals surface area contributed by atoms with Crippen molar-refractivity contribution in [1.29, 1.82) is 0 Å². The van der Waals surface area contributed by atoms with Crippen molar-refractivity contribution in [1.82, 2.24) is 4.31 Å². The van der Waals surface area contributed by atoms with E-state index in [0.29, 0.717) is 22.9 Å². The third-order valence-electron chi connectivity index (χ3n) is 3.31. The van der Waals surface area contributed by atoms with Crippen LogP contribution in [0.25, 0.3) is 0 Å². The summed E-state index contributed by atoms with van der Waals surface area (Å²) in [4.78, 5) is 12.2. The summed E-state index contributed by atoms with van der Waals surface area (Å²) in [5.41, 5.74) is 0.786. The second-order valence-corrected chi connectivity index (χ2v) is 7.78. The van der Waals surface area contributed by atoms with Gasteiger partial charge in [0.15, 0.2) is 0 Å². The first-order valence-electron chi connectivity index (χ1n) is 6.29. The molecule has 0 bridgehead atoms. The van der Waals surface area contributed by atoms with Crippen molar-refractivity contribution in [2.75, 3.05) is 12.3 Å². The van der Waals surface area contributed by atoms with E-state index in [0.717, 1.165) is 9.87 Å². The van der Waals surface area contributed by atoms with Crippen LogP contribution < -0.4 is 0 Å². The largest absolute Gasteiger partial charge is 0.273 e. The third kappa shape index (κ3) is 3.27. The number of sulfonamides is 1. The van der Waals surface area contributed by atoms with Gasteiger partial charge in [-0.25, -0.2) is 12.7 Å². The van der Waals surface area contributed by atoms with Crippen LogP contribution in [0.3, 0.4) is 0 Å². The molecule has 2 rings (SSSR count). The van der Waals surface area contributed by atoms with Crippen molar-refractivity contribution in [3.8, 4) is 0 Å². The molecule has 1 heterocycles. The Bertz CT molecular complexity index is 631. The van der Waals surface area contributed by atoms with Crippen LogP contribution >= 0.6 is 23.2 Å². The lowest BCUT2D eigenvalue weighted by Crippen LogP contribution is -2.37. The SMILES string of the molecule is C[C@H](Cc1ccc(Cl)cc1Cl)C(=O)N1CCCS1(=O)=O. The fourth-order valence-electron chi connectivity index (χ4n) is 2.24. The topological polar surface area (TPSA) is 54.5 Å². The molecule has 1 amide bonds. The number of hydrogen-bond acceptors (Lipinski definition) is 3. The maximum Gasteiger partial charge on any atom is 0.239 e. The van der Waals surface area contributed by atoms with Crippen LogP contribution in [0.4, 0.5) is 0 Å². The average molecular weight is 336 g/mol. The molecule has 0 spiro atoms. The van der Waals surface area contributed by atoms with Crippen molar-refractivity contribution in [2.24, 2.45) is 5.92 Å². The van der Waals surface area contributed by atoms with Gasteiger partial charge in [-0.2, -0.15) is 0 Å². The fourth-order valence-corrected chi connectivity index (χ4v) is 4.30. The molecule has 7 heteroatoms. The number of benzene rings is 1. The van der Waals surface area contributed by atoms with E-state index >= 15 is 0 Å². The van der Waals surface area contributed by atoms with Crippen LogP contribution in [-0.2, 0) is 21.2 Å². The number of carbonyl (C=O) groups is 1. The van der Waals surface area contributed by atoms with Crippen LogP contribution in [0.2, 0.25) is 10.0 Å². The van der Waals surface area contributed by atoms with Crippen LogP contribution in [0, 0.1) is 5.92 Å². The van der Waals surface area contributed by atoms with Crippen molar-refractivity contribution in [3.63, 3.8) is 0 Å². The Hall–Kier alpha value is -0.780. The summed E-state index contributed by atoms with van der Waals surface area (Å²) in [6.45, 7) is 1.99. The number of nitrogens with zero attached hydrogens (tertiary/aromatic N) is 1. The van der Waals surface area contributed by atoms with E-state index in [1.165, 1.54) is 0 Å². The molecule has 1 aliphatic rings. The Labute approximate surface area is 128 Å². The molecule has 1 saturated heterocycles. The van der Waals surface area contributed by atoms with E-state index in [9.17, 15) is 13.2 Å². The maximum absolute atomic E-state index is 12.2. The summed E-state index contributed by atoms with van der Waals surface area (Å²) < 4.78 is 24.5. The normalized spacial score (nSPS) is 19.1. The van der Waals surface area contributed by atoms with Crippen molar-refractivity contribution < 1.29 is 13.2 Å². The highest BCUT2D eigenvalue weighted by Crippen LogP contribution is 2.25. The van der Waals surface area contributed by atoms with Crippen LogP contribution in [-0.4, -0.2) is 30.9 Å². The van der Waals surface area contributed by atoms with Gasteiger partial charge in [0.05, 0.1) is 5.75 Å². The second kappa shape index (κ2) is 5.92. The molecule has 0 N–H and O–H groups in total. The monoisotopic (exact) mass is 335 g/mol. The van der Waals surface area contributed by atoms with E-state index in [1.807, 2.05) is 0 Å². The molecule has 110 valence electrons. The minimum Gasteiger partial charge on any atom is -0.273 e. The zero-order valence-electron chi connectivity index (χ0n) is 11.0. The Morgan fingerprint density at radius 1 is 1.40 bits per heavy atom. The summed E-state index contributed by atoms with van der Waals surface area (Å²) in [5, 5.41) is 1.02. The standard InChI is InChI=1S/C13H15Cl2NO3S/c1-9(7-10-3-4-11(14)8-12(10)15)13(17)16-5-2-6-20(16,18)19/h3-4,8-9H,2,5-7H2,1H3/t9-/m1/s1. The lowest BCUT2D eigenvalue weighted by molar-refractivity contribution is -0.129. The molecule has 0 radical (unpaired) electrons. The van der Waals surface area contributed by atoms with E-state index < -0.39 is 15.9 Å². The number of hydrogen-bond donors (Lipinski definition) is 0. The van der Waals surface area contributed by atoms with Gasteiger partial charge in [0.1, 0.15) is 0 Å². The van der Waals surface area contributed by atoms with Gasteiger partial charge in [-0.15, -0.1) is 0 Å². The van der Waals surface area contributed by atoms with Gasteiger partial charge in [-0.1, -0.05) is 36.2 Å². The maximum atomic E-state index is 12.2. The van der Waals surface area contributed by atoms with Gasteiger partial charge in [0.2, 0.25) is 15.9 Å². The van der Waals surface area contributed by atoms with Crippen molar-refractivity contribution in [3.05, 3.63) is 33.8 Å². The lowest BCUT2D eigenvalue weighted by atomic mass is 10.0. The minimum atomic E-state index is -3.41. The van der Waals surface area contributed by atoms with E-state index in [2.05, 4.69) is 0 Å². The van der Waals surface area contributed by atoms with Gasteiger partial charge < -0.3 is 0 Å². The third-order valence-corrected chi connectivity index (χ3v) is 5.73. The van der Waals surface area contributed by atoms with Crippen molar-refractivity contribution in [2.45, 2.75) is 19.8 Å². The number of rotatable bonds is 3. The first-order chi connectivity index (χ1) is 9.31. The smallest absolute Gasteiger partial charge is 0.239 e. The first kappa shape index (κ1) is 15.6. The van der Waals surface area contributed by atoms with E-state index in [4.69, 9.17) is 23.2 Å². The van der Waals surface area contributed by atoms with Crippen LogP contribution in [0.5, 0.6) is 0 Å². The molecular formula is C13H15Cl2NO3S. The van der Waals surface area contributed by atoms with Gasteiger partial charge in [0.25, 0.3) is 0 Å². The Morgan fingerprint density at radius 3 is 2.65 bits per heavy atom. The molecule has 1 aromatic carbocycles. The molecule has 1 aliphatic heterocycles. The second-order valence-electron chi connectivity index (χ2n) is 4.92. The molecule has 4 nitrogen and oxygen atoms in total. The van der Waals surface area contributed by atoms with Gasteiger partial charge in [0, 0.05) is 22.5 Å². The van der Waals surface area contributed by atoms with E-state index in [1.54, 1.807) is 25.1 Å². The van der Waals surface area contributed by atoms with Gasteiger partial charge in [-0.3, -0.25) is 4.79 Å². The molecule has 0 aliphatic carbocycles. The van der Waals surface area contributed by atoms with Crippen LogP contribution in [0.15, 0.2) is 18.2 Å².